The standard InChI is InChI=1S/C20H16FN5OS/c1-12-17(13(2)26(25-12)16-10-8-15(21)9-11-16)18(27)22-20-24-23-19(28-20)14-6-4-3-5-7-14/h3-11H,1-2H3,(H,22,24,27). The van der Waals surface area contributed by atoms with E-state index in [1.165, 1.54) is 23.5 Å². The summed E-state index contributed by atoms with van der Waals surface area (Å²) >= 11 is 1.30. The Bertz CT molecular complexity index is 1140. The number of carbonyl (C=O) groups is 1. The zero-order chi connectivity index (χ0) is 19.7. The van der Waals surface area contributed by atoms with Crippen LogP contribution in [0.15, 0.2) is 54.6 Å². The van der Waals surface area contributed by atoms with Crippen LogP contribution in [0.4, 0.5) is 9.52 Å². The molecule has 2 heterocycles. The van der Waals surface area contributed by atoms with Crippen molar-refractivity contribution in [3.05, 3.63) is 77.4 Å². The highest BCUT2D eigenvalue weighted by Gasteiger charge is 2.21. The highest BCUT2D eigenvalue weighted by atomic mass is 32.1. The second kappa shape index (κ2) is 7.32. The molecule has 0 fully saturated rings. The second-order valence-electron chi connectivity index (χ2n) is 6.17. The molecule has 1 N–H and O–H groups in total. The fraction of sp³-hybridized carbons (Fsp3) is 0.100. The van der Waals surface area contributed by atoms with E-state index in [0.717, 1.165) is 10.6 Å². The molecule has 4 aromatic rings. The molecule has 0 aliphatic heterocycles. The first-order chi connectivity index (χ1) is 13.5. The van der Waals surface area contributed by atoms with E-state index in [1.807, 2.05) is 30.3 Å². The smallest absolute Gasteiger partial charge is 0.261 e. The van der Waals surface area contributed by atoms with E-state index >= 15 is 0 Å². The van der Waals surface area contributed by atoms with E-state index < -0.39 is 0 Å². The molecular formula is C20H16FN5OS. The summed E-state index contributed by atoms with van der Waals surface area (Å²) in [6.07, 6.45) is 0. The number of aromatic nitrogens is 4. The maximum atomic E-state index is 13.2. The molecule has 0 spiro atoms. The number of anilines is 1. The van der Waals surface area contributed by atoms with Gasteiger partial charge in [-0.1, -0.05) is 41.7 Å². The summed E-state index contributed by atoms with van der Waals surface area (Å²) < 4.78 is 14.8. The Morgan fingerprint density at radius 3 is 2.46 bits per heavy atom. The largest absolute Gasteiger partial charge is 0.296 e. The average Bonchev–Trinajstić information content (AvgIpc) is 3.27. The molecule has 0 saturated heterocycles. The van der Waals surface area contributed by atoms with Gasteiger partial charge in [-0.05, 0) is 38.1 Å². The minimum Gasteiger partial charge on any atom is -0.296 e. The van der Waals surface area contributed by atoms with Gasteiger partial charge in [0.1, 0.15) is 10.8 Å². The number of amides is 1. The lowest BCUT2D eigenvalue weighted by Gasteiger charge is -2.05. The SMILES string of the molecule is Cc1nn(-c2ccc(F)cc2)c(C)c1C(=O)Nc1nnc(-c2ccccc2)s1. The van der Waals surface area contributed by atoms with Crippen molar-refractivity contribution in [2.24, 2.45) is 0 Å². The van der Waals surface area contributed by atoms with Gasteiger partial charge in [-0.25, -0.2) is 9.07 Å². The lowest BCUT2D eigenvalue weighted by atomic mass is 10.2. The van der Waals surface area contributed by atoms with Crippen molar-refractivity contribution in [3.8, 4) is 16.3 Å². The number of hydrogen-bond acceptors (Lipinski definition) is 5. The molecule has 8 heteroatoms. The van der Waals surface area contributed by atoms with Gasteiger partial charge in [0.05, 0.1) is 22.6 Å². The van der Waals surface area contributed by atoms with Crippen LogP contribution in [0.25, 0.3) is 16.3 Å². The molecule has 28 heavy (non-hydrogen) atoms. The number of nitrogens with one attached hydrogen (secondary N) is 1. The number of aryl methyl sites for hydroxylation is 1. The predicted molar refractivity (Wildman–Crippen MR) is 106 cm³/mol. The molecule has 0 aliphatic carbocycles. The van der Waals surface area contributed by atoms with Gasteiger partial charge in [-0.3, -0.25) is 10.1 Å². The highest BCUT2D eigenvalue weighted by molar-refractivity contribution is 7.18. The maximum absolute atomic E-state index is 13.2. The summed E-state index contributed by atoms with van der Waals surface area (Å²) in [5.74, 6) is -0.632. The van der Waals surface area contributed by atoms with E-state index in [2.05, 4.69) is 20.6 Å². The van der Waals surface area contributed by atoms with E-state index in [9.17, 15) is 9.18 Å². The molecule has 0 saturated carbocycles. The minimum atomic E-state index is -0.325. The fourth-order valence-corrected chi connectivity index (χ4v) is 3.68. The van der Waals surface area contributed by atoms with Crippen LogP contribution in [-0.4, -0.2) is 25.9 Å². The zero-order valence-electron chi connectivity index (χ0n) is 15.2. The highest BCUT2D eigenvalue weighted by Crippen LogP contribution is 2.27. The van der Waals surface area contributed by atoms with Crippen molar-refractivity contribution in [1.82, 2.24) is 20.0 Å². The van der Waals surface area contributed by atoms with Gasteiger partial charge in [-0.15, -0.1) is 10.2 Å². The first-order valence-electron chi connectivity index (χ1n) is 8.55. The maximum Gasteiger partial charge on any atom is 0.261 e. The van der Waals surface area contributed by atoms with Crippen LogP contribution in [0.2, 0.25) is 0 Å². The Hall–Kier alpha value is -3.39. The number of hydrogen-bond donors (Lipinski definition) is 1. The molecule has 4 rings (SSSR count). The normalized spacial score (nSPS) is 10.8. The Balaban J connectivity index is 1.59. The molecule has 0 radical (unpaired) electrons. The molecule has 6 nitrogen and oxygen atoms in total. The van der Waals surface area contributed by atoms with Crippen LogP contribution in [-0.2, 0) is 0 Å². The summed E-state index contributed by atoms with van der Waals surface area (Å²) in [7, 11) is 0. The molecule has 0 aliphatic rings. The molecule has 1 amide bonds. The van der Waals surface area contributed by atoms with Gasteiger partial charge in [0, 0.05) is 5.56 Å². The van der Waals surface area contributed by atoms with Gasteiger partial charge >= 0.3 is 0 Å². The Labute approximate surface area is 164 Å². The van der Waals surface area contributed by atoms with Crippen LogP contribution in [0.1, 0.15) is 21.7 Å². The summed E-state index contributed by atoms with van der Waals surface area (Å²) in [5, 5.41) is 16.6. The van der Waals surface area contributed by atoms with E-state index in [4.69, 9.17) is 0 Å². The third-order valence-electron chi connectivity index (χ3n) is 4.26. The van der Waals surface area contributed by atoms with Crippen molar-refractivity contribution >= 4 is 22.4 Å². The van der Waals surface area contributed by atoms with E-state index in [0.29, 0.717) is 27.8 Å². The summed E-state index contributed by atoms with van der Waals surface area (Å²) in [4.78, 5) is 12.8. The predicted octanol–water partition coefficient (Wildman–Crippen LogP) is 4.40. The number of nitrogens with zero attached hydrogens (tertiary/aromatic N) is 4. The van der Waals surface area contributed by atoms with Crippen LogP contribution in [0.3, 0.4) is 0 Å². The lowest BCUT2D eigenvalue weighted by molar-refractivity contribution is 0.102. The fourth-order valence-electron chi connectivity index (χ4n) is 2.94. The number of halogens is 1. The van der Waals surface area contributed by atoms with Crippen molar-refractivity contribution in [1.29, 1.82) is 0 Å². The first-order valence-corrected chi connectivity index (χ1v) is 9.37. The topological polar surface area (TPSA) is 72.7 Å². The minimum absolute atomic E-state index is 0.306. The summed E-state index contributed by atoms with van der Waals surface area (Å²) in [6.45, 7) is 3.56. The van der Waals surface area contributed by atoms with E-state index in [-0.39, 0.29) is 11.7 Å². The molecule has 0 bridgehead atoms. The third kappa shape index (κ3) is 3.41. The van der Waals surface area contributed by atoms with Crippen molar-refractivity contribution in [2.75, 3.05) is 5.32 Å². The van der Waals surface area contributed by atoms with Crippen molar-refractivity contribution in [2.45, 2.75) is 13.8 Å². The molecule has 2 aromatic heterocycles. The van der Waals surface area contributed by atoms with E-state index in [1.54, 1.807) is 30.7 Å². The Morgan fingerprint density at radius 1 is 1.04 bits per heavy atom. The average molecular weight is 393 g/mol. The molecule has 140 valence electrons. The summed E-state index contributed by atoms with van der Waals surface area (Å²) in [6, 6.07) is 15.6. The Kier molecular flexibility index (Phi) is 4.70. The van der Waals surface area contributed by atoms with Gasteiger partial charge < -0.3 is 0 Å². The van der Waals surface area contributed by atoms with Crippen LogP contribution in [0, 0.1) is 19.7 Å². The number of carbonyl (C=O) groups excluding carboxylic acids is 1. The second-order valence-corrected chi connectivity index (χ2v) is 7.14. The van der Waals surface area contributed by atoms with Crippen LogP contribution in [0.5, 0.6) is 0 Å². The quantitative estimate of drug-likeness (QED) is 0.558. The lowest BCUT2D eigenvalue weighted by Crippen LogP contribution is -2.14. The van der Waals surface area contributed by atoms with Crippen molar-refractivity contribution < 1.29 is 9.18 Å². The van der Waals surface area contributed by atoms with Crippen molar-refractivity contribution in [3.63, 3.8) is 0 Å². The monoisotopic (exact) mass is 393 g/mol. The van der Waals surface area contributed by atoms with Gasteiger partial charge in [0.2, 0.25) is 5.13 Å². The number of rotatable bonds is 4. The van der Waals surface area contributed by atoms with Gasteiger partial charge in [-0.2, -0.15) is 5.10 Å². The summed E-state index contributed by atoms with van der Waals surface area (Å²) in [5.41, 5.74) is 3.32. The molecular weight excluding hydrogens is 377 g/mol. The van der Waals surface area contributed by atoms with Gasteiger partial charge in [0.25, 0.3) is 5.91 Å². The Morgan fingerprint density at radius 2 is 1.75 bits per heavy atom. The molecule has 2 aromatic carbocycles. The molecule has 0 atom stereocenters. The van der Waals surface area contributed by atoms with Crippen LogP contribution < -0.4 is 5.32 Å². The third-order valence-corrected chi connectivity index (χ3v) is 5.14. The molecule has 0 unspecified atom stereocenters. The van der Waals surface area contributed by atoms with Gasteiger partial charge in [0.15, 0.2) is 0 Å². The van der Waals surface area contributed by atoms with Crippen LogP contribution >= 0.6 is 11.3 Å². The zero-order valence-corrected chi connectivity index (χ0v) is 16.0. The number of benzene rings is 2. The first kappa shape index (κ1) is 18.0.